The second kappa shape index (κ2) is 7.37. The Balaban J connectivity index is 1.66. The molecule has 0 aromatic carbocycles. The Labute approximate surface area is 160 Å². The predicted molar refractivity (Wildman–Crippen MR) is 108 cm³/mol. The van der Waals surface area contributed by atoms with Crippen LogP contribution in [0.4, 0.5) is 11.8 Å². The van der Waals surface area contributed by atoms with E-state index in [4.69, 9.17) is 9.97 Å². The van der Waals surface area contributed by atoms with Crippen LogP contribution in [-0.2, 0) is 4.79 Å². The van der Waals surface area contributed by atoms with Gasteiger partial charge in [-0.3, -0.25) is 4.79 Å². The minimum Gasteiger partial charge on any atom is -0.355 e. The first kappa shape index (κ1) is 18.1. The van der Waals surface area contributed by atoms with Gasteiger partial charge in [0.1, 0.15) is 11.5 Å². The van der Waals surface area contributed by atoms with Crippen LogP contribution >= 0.6 is 0 Å². The van der Waals surface area contributed by atoms with Crippen molar-refractivity contribution in [3.63, 3.8) is 0 Å². The lowest BCUT2D eigenvalue weighted by atomic mass is 9.96. The zero-order valence-corrected chi connectivity index (χ0v) is 16.6. The summed E-state index contributed by atoms with van der Waals surface area (Å²) in [5.41, 5.74) is 1.98. The first-order valence-corrected chi connectivity index (χ1v) is 10.2. The molecule has 0 bridgehead atoms. The van der Waals surface area contributed by atoms with Crippen LogP contribution in [0.3, 0.4) is 0 Å². The van der Waals surface area contributed by atoms with Gasteiger partial charge in [0.15, 0.2) is 0 Å². The van der Waals surface area contributed by atoms with Crippen LogP contribution in [-0.4, -0.2) is 53.1 Å². The van der Waals surface area contributed by atoms with Gasteiger partial charge in [-0.05, 0) is 52.5 Å². The van der Waals surface area contributed by atoms with Crippen molar-refractivity contribution in [2.24, 2.45) is 5.92 Å². The number of anilines is 2. The third-order valence-corrected chi connectivity index (χ3v) is 5.50. The lowest BCUT2D eigenvalue weighted by Crippen LogP contribution is -2.45. The molecule has 1 atom stereocenters. The zero-order chi connectivity index (χ0) is 19.0. The highest BCUT2D eigenvalue weighted by Crippen LogP contribution is 2.31. The highest BCUT2D eigenvalue weighted by atomic mass is 16.2. The maximum Gasteiger partial charge on any atom is 0.229 e. The predicted octanol–water partition coefficient (Wildman–Crippen LogP) is 2.61. The van der Waals surface area contributed by atoms with E-state index in [9.17, 15) is 4.79 Å². The van der Waals surface area contributed by atoms with Gasteiger partial charge in [0, 0.05) is 37.9 Å². The molecule has 2 aromatic heterocycles. The van der Waals surface area contributed by atoms with Gasteiger partial charge in [0.2, 0.25) is 11.9 Å². The molecule has 2 aliphatic rings. The molecule has 7 nitrogen and oxygen atoms in total. The molecule has 2 saturated heterocycles. The van der Waals surface area contributed by atoms with Crippen molar-refractivity contribution in [1.82, 2.24) is 20.3 Å². The third-order valence-electron chi connectivity index (χ3n) is 5.50. The maximum absolute atomic E-state index is 12.5. The van der Waals surface area contributed by atoms with E-state index in [0.29, 0.717) is 6.54 Å². The molecule has 0 saturated carbocycles. The highest BCUT2D eigenvalue weighted by Gasteiger charge is 2.29. The van der Waals surface area contributed by atoms with Crippen LogP contribution in [0, 0.1) is 12.8 Å². The summed E-state index contributed by atoms with van der Waals surface area (Å²) in [5, 5.41) is 4.13. The van der Waals surface area contributed by atoms with E-state index in [1.165, 1.54) is 12.8 Å². The first-order chi connectivity index (χ1) is 13.0. The molecule has 0 spiro atoms. The Hall–Kier alpha value is -2.31. The number of H-pyrrole nitrogens is 1. The fraction of sp³-hybridized carbons (Fsp3) is 0.650. The molecular weight excluding hydrogens is 340 g/mol. The average Bonchev–Trinajstić information content (AvgIpc) is 3.29. The molecule has 4 heterocycles. The van der Waals surface area contributed by atoms with Gasteiger partial charge in [-0.2, -0.15) is 9.97 Å². The van der Waals surface area contributed by atoms with E-state index in [1.807, 2.05) is 13.8 Å². The summed E-state index contributed by atoms with van der Waals surface area (Å²) >= 11 is 0. The minimum absolute atomic E-state index is 0.0152. The number of aromatic nitrogens is 3. The van der Waals surface area contributed by atoms with Crippen molar-refractivity contribution >= 4 is 28.7 Å². The fourth-order valence-corrected chi connectivity index (χ4v) is 4.20. The van der Waals surface area contributed by atoms with Crippen LogP contribution < -0.4 is 15.1 Å². The highest BCUT2D eigenvalue weighted by molar-refractivity contribution is 5.90. The molecule has 146 valence electrons. The van der Waals surface area contributed by atoms with E-state index in [-0.39, 0.29) is 17.9 Å². The van der Waals surface area contributed by atoms with Gasteiger partial charge >= 0.3 is 0 Å². The summed E-state index contributed by atoms with van der Waals surface area (Å²) in [6.07, 6.45) is 4.34. The standard InChI is InChI=1S/C20H30N6O/c1-13(2)21-19(27)15-7-6-10-26(12-15)18-16-11-14(3)22-17(16)23-20(24-18)25-8-4-5-9-25/h11,13,15H,4-10,12H2,1-3H3,(H,21,27)(H,22,23,24). The zero-order valence-electron chi connectivity index (χ0n) is 16.6. The van der Waals surface area contributed by atoms with Crippen LogP contribution in [0.1, 0.15) is 45.2 Å². The molecule has 1 unspecified atom stereocenters. The number of aromatic amines is 1. The number of nitrogens with zero attached hydrogens (tertiary/aromatic N) is 4. The second-order valence-corrected chi connectivity index (χ2v) is 8.20. The SMILES string of the molecule is Cc1cc2c(N3CCCC(C(=O)NC(C)C)C3)nc(N3CCCC3)nc2[nH]1. The Morgan fingerprint density at radius 3 is 2.67 bits per heavy atom. The van der Waals surface area contributed by atoms with E-state index < -0.39 is 0 Å². The van der Waals surface area contributed by atoms with Crippen molar-refractivity contribution in [3.05, 3.63) is 11.8 Å². The van der Waals surface area contributed by atoms with Gasteiger partial charge in [0.05, 0.1) is 11.3 Å². The topological polar surface area (TPSA) is 77.2 Å². The molecule has 2 aliphatic heterocycles. The van der Waals surface area contributed by atoms with E-state index in [2.05, 4.69) is 33.1 Å². The quantitative estimate of drug-likeness (QED) is 0.865. The number of rotatable bonds is 4. The number of fused-ring (bicyclic) bond motifs is 1. The third kappa shape index (κ3) is 3.73. The van der Waals surface area contributed by atoms with Crippen LogP contribution in [0.5, 0.6) is 0 Å². The number of nitrogens with one attached hydrogen (secondary N) is 2. The fourth-order valence-electron chi connectivity index (χ4n) is 4.20. The molecule has 1 amide bonds. The largest absolute Gasteiger partial charge is 0.355 e. The van der Waals surface area contributed by atoms with Crippen LogP contribution in [0.25, 0.3) is 11.0 Å². The number of hydrogen-bond donors (Lipinski definition) is 2. The Kier molecular flexibility index (Phi) is 4.93. The van der Waals surface area contributed by atoms with E-state index in [0.717, 1.165) is 61.0 Å². The molecule has 2 fully saturated rings. The first-order valence-electron chi connectivity index (χ1n) is 10.2. The van der Waals surface area contributed by atoms with Crippen molar-refractivity contribution in [2.75, 3.05) is 36.0 Å². The number of hydrogen-bond acceptors (Lipinski definition) is 5. The second-order valence-electron chi connectivity index (χ2n) is 8.20. The van der Waals surface area contributed by atoms with Crippen molar-refractivity contribution in [2.45, 2.75) is 52.5 Å². The van der Waals surface area contributed by atoms with E-state index >= 15 is 0 Å². The number of amides is 1. The lowest BCUT2D eigenvalue weighted by Gasteiger charge is -2.34. The van der Waals surface area contributed by atoms with E-state index in [1.54, 1.807) is 0 Å². The smallest absolute Gasteiger partial charge is 0.229 e. The molecule has 27 heavy (non-hydrogen) atoms. The van der Waals surface area contributed by atoms with Gasteiger partial charge in [-0.25, -0.2) is 0 Å². The molecular formula is C20H30N6O. The van der Waals surface area contributed by atoms with Gasteiger partial charge in [-0.1, -0.05) is 0 Å². The Bertz CT molecular complexity index is 823. The molecule has 4 rings (SSSR count). The lowest BCUT2D eigenvalue weighted by molar-refractivity contribution is -0.125. The monoisotopic (exact) mass is 370 g/mol. The minimum atomic E-state index is 0.0152. The Morgan fingerprint density at radius 2 is 1.93 bits per heavy atom. The maximum atomic E-state index is 12.5. The summed E-state index contributed by atoms with van der Waals surface area (Å²) < 4.78 is 0. The van der Waals surface area contributed by atoms with Crippen LogP contribution in [0.2, 0.25) is 0 Å². The number of aryl methyl sites for hydroxylation is 1. The van der Waals surface area contributed by atoms with Gasteiger partial charge in [-0.15, -0.1) is 0 Å². The molecule has 0 aliphatic carbocycles. The summed E-state index contributed by atoms with van der Waals surface area (Å²) in [6.45, 7) is 9.76. The summed E-state index contributed by atoms with van der Waals surface area (Å²) in [6, 6.07) is 2.30. The molecule has 2 aromatic rings. The van der Waals surface area contributed by atoms with Crippen molar-refractivity contribution in [1.29, 1.82) is 0 Å². The summed E-state index contributed by atoms with van der Waals surface area (Å²) in [7, 11) is 0. The Morgan fingerprint density at radius 1 is 1.19 bits per heavy atom. The number of carbonyl (C=O) groups excluding carboxylic acids is 1. The molecule has 2 N–H and O–H groups in total. The number of carbonyl (C=O) groups is 1. The molecule has 0 radical (unpaired) electrons. The average molecular weight is 371 g/mol. The summed E-state index contributed by atoms with van der Waals surface area (Å²) in [5.74, 6) is 1.95. The summed E-state index contributed by atoms with van der Waals surface area (Å²) in [4.78, 5) is 30.2. The molecule has 7 heteroatoms. The van der Waals surface area contributed by atoms with Crippen LogP contribution in [0.15, 0.2) is 6.07 Å². The number of piperidine rings is 1. The normalized spacial score (nSPS) is 20.7. The van der Waals surface area contributed by atoms with Gasteiger partial charge in [0.25, 0.3) is 0 Å². The van der Waals surface area contributed by atoms with Crippen molar-refractivity contribution in [3.8, 4) is 0 Å². The van der Waals surface area contributed by atoms with Crippen molar-refractivity contribution < 1.29 is 4.79 Å². The van der Waals surface area contributed by atoms with Gasteiger partial charge < -0.3 is 20.1 Å².